The van der Waals surface area contributed by atoms with Gasteiger partial charge in [-0.1, -0.05) is 49.1 Å². The molecular weight excluding hydrogens is 198 g/mol. The molecule has 2 nitrogen and oxygen atoms in total. The summed E-state index contributed by atoms with van der Waals surface area (Å²) in [6, 6.07) is 9.86. The number of hydrogen-bond donors (Lipinski definition) is 1. The molecule has 1 amide bonds. The van der Waals surface area contributed by atoms with Gasteiger partial charge in [0.15, 0.2) is 0 Å². The Balaban J connectivity index is 3.26. The molecule has 1 N–H and O–H groups in total. The number of amides is 1. The standard InChI is InChI=1S/C14H15NO/c1-3-8-13(14(4-2)15-11-16)12-9-6-5-7-10-12/h3-11H,2H2,1H3,(H,15,16)/b8-3-,14-13-. The van der Waals surface area contributed by atoms with Gasteiger partial charge in [0.1, 0.15) is 0 Å². The van der Waals surface area contributed by atoms with Gasteiger partial charge in [-0.2, -0.15) is 0 Å². The molecule has 0 aliphatic carbocycles. The minimum atomic E-state index is 0.656. The lowest BCUT2D eigenvalue weighted by atomic mass is 10.0. The predicted octanol–water partition coefficient (Wildman–Crippen LogP) is 2.91. The summed E-state index contributed by atoms with van der Waals surface area (Å²) in [6.07, 6.45) is 6.17. The van der Waals surface area contributed by atoms with Gasteiger partial charge in [0.05, 0.1) is 0 Å². The summed E-state index contributed by atoms with van der Waals surface area (Å²) >= 11 is 0. The van der Waals surface area contributed by atoms with Gasteiger partial charge in [0, 0.05) is 11.3 Å². The lowest BCUT2D eigenvalue weighted by molar-refractivity contribution is -0.108. The van der Waals surface area contributed by atoms with Gasteiger partial charge in [-0.25, -0.2) is 0 Å². The van der Waals surface area contributed by atoms with Crippen LogP contribution in [0.2, 0.25) is 0 Å². The maximum atomic E-state index is 10.5. The smallest absolute Gasteiger partial charge is 0.211 e. The van der Waals surface area contributed by atoms with E-state index in [1.807, 2.05) is 49.4 Å². The molecule has 2 heteroatoms. The molecule has 0 saturated heterocycles. The molecule has 1 aromatic rings. The molecule has 0 unspecified atom stereocenters. The molecule has 0 aromatic heterocycles. The average molecular weight is 213 g/mol. The fraction of sp³-hybridized carbons (Fsp3) is 0.0714. The molecular formula is C14H15NO. The van der Waals surface area contributed by atoms with Crippen molar-refractivity contribution in [1.29, 1.82) is 0 Å². The highest BCUT2D eigenvalue weighted by Crippen LogP contribution is 2.19. The maximum Gasteiger partial charge on any atom is 0.211 e. The summed E-state index contributed by atoms with van der Waals surface area (Å²) in [7, 11) is 0. The summed E-state index contributed by atoms with van der Waals surface area (Å²) in [5, 5.41) is 2.65. The van der Waals surface area contributed by atoms with Crippen LogP contribution in [0.15, 0.2) is 60.8 Å². The first-order valence-corrected chi connectivity index (χ1v) is 5.08. The van der Waals surface area contributed by atoms with E-state index in [4.69, 9.17) is 0 Å². The zero-order valence-corrected chi connectivity index (χ0v) is 9.31. The van der Waals surface area contributed by atoms with E-state index in [2.05, 4.69) is 11.9 Å². The van der Waals surface area contributed by atoms with Crippen molar-refractivity contribution in [1.82, 2.24) is 5.32 Å². The normalized spacial score (nSPS) is 12.1. The van der Waals surface area contributed by atoms with Crippen molar-refractivity contribution >= 4 is 12.0 Å². The highest BCUT2D eigenvalue weighted by atomic mass is 16.1. The van der Waals surface area contributed by atoms with Crippen LogP contribution in [0, 0.1) is 0 Å². The average Bonchev–Trinajstić information content (AvgIpc) is 2.35. The van der Waals surface area contributed by atoms with E-state index >= 15 is 0 Å². The van der Waals surface area contributed by atoms with E-state index in [-0.39, 0.29) is 0 Å². The van der Waals surface area contributed by atoms with Crippen LogP contribution in [-0.4, -0.2) is 6.41 Å². The van der Waals surface area contributed by atoms with Crippen molar-refractivity contribution in [3.8, 4) is 0 Å². The van der Waals surface area contributed by atoms with Crippen LogP contribution in [0.4, 0.5) is 0 Å². The lowest BCUT2D eigenvalue weighted by Gasteiger charge is -2.08. The molecule has 0 aliphatic heterocycles. The Hall–Kier alpha value is -2.09. The molecule has 1 aromatic carbocycles. The molecule has 0 fully saturated rings. The third-order valence-electron chi connectivity index (χ3n) is 2.13. The zero-order chi connectivity index (χ0) is 11.8. The minimum absolute atomic E-state index is 0.656. The number of rotatable bonds is 5. The zero-order valence-electron chi connectivity index (χ0n) is 9.31. The highest BCUT2D eigenvalue weighted by molar-refractivity contribution is 5.79. The van der Waals surface area contributed by atoms with Gasteiger partial charge in [0.2, 0.25) is 6.41 Å². The van der Waals surface area contributed by atoms with Gasteiger partial charge in [-0.05, 0) is 18.6 Å². The van der Waals surface area contributed by atoms with Crippen LogP contribution in [0.1, 0.15) is 12.5 Å². The molecule has 0 bridgehead atoms. The van der Waals surface area contributed by atoms with Crippen LogP contribution < -0.4 is 5.32 Å². The van der Waals surface area contributed by atoms with Crippen molar-refractivity contribution in [2.24, 2.45) is 0 Å². The largest absolute Gasteiger partial charge is 0.328 e. The van der Waals surface area contributed by atoms with Crippen molar-refractivity contribution in [2.75, 3.05) is 0 Å². The van der Waals surface area contributed by atoms with E-state index in [0.29, 0.717) is 12.1 Å². The molecule has 1 rings (SSSR count). The summed E-state index contributed by atoms with van der Waals surface area (Å²) < 4.78 is 0. The number of carbonyl (C=O) groups excluding carboxylic acids is 1. The Labute approximate surface area is 96.0 Å². The molecule has 0 saturated carbocycles. The van der Waals surface area contributed by atoms with Gasteiger partial charge >= 0.3 is 0 Å². The van der Waals surface area contributed by atoms with Crippen LogP contribution in [0.3, 0.4) is 0 Å². The monoisotopic (exact) mass is 213 g/mol. The van der Waals surface area contributed by atoms with Crippen LogP contribution in [-0.2, 0) is 4.79 Å². The number of hydrogen-bond acceptors (Lipinski definition) is 1. The maximum absolute atomic E-state index is 10.5. The summed E-state index contributed by atoms with van der Waals surface area (Å²) in [4.78, 5) is 10.5. The van der Waals surface area contributed by atoms with Gasteiger partial charge in [0.25, 0.3) is 0 Å². The van der Waals surface area contributed by atoms with Crippen molar-refractivity contribution in [3.05, 3.63) is 66.4 Å². The van der Waals surface area contributed by atoms with Crippen molar-refractivity contribution in [2.45, 2.75) is 6.92 Å². The second-order valence-electron chi connectivity index (χ2n) is 3.16. The first kappa shape index (κ1) is 12.0. The first-order valence-electron chi connectivity index (χ1n) is 5.08. The van der Waals surface area contributed by atoms with E-state index in [1.54, 1.807) is 6.08 Å². The number of carbonyl (C=O) groups is 1. The molecule has 0 aliphatic rings. The quantitative estimate of drug-likeness (QED) is 0.591. The predicted molar refractivity (Wildman–Crippen MR) is 67.6 cm³/mol. The number of allylic oxidation sites excluding steroid dienone is 4. The van der Waals surface area contributed by atoms with E-state index < -0.39 is 0 Å². The number of benzene rings is 1. The molecule has 16 heavy (non-hydrogen) atoms. The third kappa shape index (κ3) is 2.95. The Kier molecular flexibility index (Phi) is 4.80. The van der Waals surface area contributed by atoms with E-state index in [1.165, 1.54) is 0 Å². The lowest BCUT2D eigenvalue weighted by Crippen LogP contribution is -2.10. The van der Waals surface area contributed by atoms with Crippen LogP contribution in [0.25, 0.3) is 5.57 Å². The Morgan fingerprint density at radius 1 is 1.31 bits per heavy atom. The molecule has 0 radical (unpaired) electrons. The molecule has 0 spiro atoms. The Morgan fingerprint density at radius 3 is 2.50 bits per heavy atom. The Bertz CT molecular complexity index is 416. The van der Waals surface area contributed by atoms with Gasteiger partial charge < -0.3 is 5.32 Å². The highest BCUT2D eigenvalue weighted by Gasteiger charge is 2.02. The summed E-state index contributed by atoms with van der Waals surface area (Å²) in [5.41, 5.74) is 2.70. The van der Waals surface area contributed by atoms with Crippen molar-refractivity contribution in [3.63, 3.8) is 0 Å². The summed E-state index contributed by atoms with van der Waals surface area (Å²) in [5.74, 6) is 0. The molecule has 0 heterocycles. The second-order valence-corrected chi connectivity index (χ2v) is 3.16. The number of nitrogens with one attached hydrogen (secondary N) is 1. The van der Waals surface area contributed by atoms with Gasteiger partial charge in [-0.15, -0.1) is 0 Å². The molecule has 82 valence electrons. The van der Waals surface area contributed by atoms with Crippen molar-refractivity contribution < 1.29 is 4.79 Å². The Morgan fingerprint density at radius 2 is 2.00 bits per heavy atom. The minimum Gasteiger partial charge on any atom is -0.328 e. The van der Waals surface area contributed by atoms with E-state index in [0.717, 1.165) is 11.1 Å². The second kappa shape index (κ2) is 6.40. The fourth-order valence-corrected chi connectivity index (χ4v) is 1.44. The third-order valence-corrected chi connectivity index (χ3v) is 2.13. The van der Waals surface area contributed by atoms with Gasteiger partial charge in [-0.3, -0.25) is 4.79 Å². The first-order chi connectivity index (χ1) is 7.83. The molecule has 0 atom stereocenters. The topological polar surface area (TPSA) is 29.1 Å². The fourth-order valence-electron chi connectivity index (χ4n) is 1.44. The van der Waals surface area contributed by atoms with Crippen LogP contribution in [0.5, 0.6) is 0 Å². The SMILES string of the molecule is C=C/C(NC=O)=C(\C=C/C)c1ccccc1. The van der Waals surface area contributed by atoms with E-state index in [9.17, 15) is 4.79 Å². The van der Waals surface area contributed by atoms with Crippen LogP contribution >= 0.6 is 0 Å². The summed E-state index contributed by atoms with van der Waals surface area (Å²) in [6.45, 7) is 5.63.